The number of nitrogens with zero attached hydrogens (tertiary/aromatic N) is 2. The van der Waals surface area contributed by atoms with Gasteiger partial charge in [-0.1, -0.05) is 48.2 Å². The number of nitrogens with two attached hydrogens (primary N) is 1. The Balaban J connectivity index is 1.74. The van der Waals surface area contributed by atoms with E-state index in [2.05, 4.69) is 4.98 Å². The molecule has 3 rings (SSSR count). The summed E-state index contributed by atoms with van der Waals surface area (Å²) < 4.78 is 7.44. The lowest BCUT2D eigenvalue weighted by atomic mass is 10.3. The quantitative estimate of drug-likeness (QED) is 0.425. The first-order valence-corrected chi connectivity index (χ1v) is 8.48. The fourth-order valence-corrected chi connectivity index (χ4v) is 3.06. The molecule has 0 aliphatic heterocycles. The molecule has 2 aromatic carbocycles. The van der Waals surface area contributed by atoms with Crippen molar-refractivity contribution in [3.05, 3.63) is 77.1 Å². The molecule has 0 aliphatic rings. The summed E-state index contributed by atoms with van der Waals surface area (Å²) >= 11 is 1.44. The fourth-order valence-electron chi connectivity index (χ4n) is 2.22. The second kappa shape index (κ2) is 7.70. The third kappa shape index (κ3) is 3.97. The highest BCUT2D eigenvalue weighted by Crippen LogP contribution is 2.22. The number of hydrogen-bond donors (Lipinski definition) is 1. The zero-order valence-corrected chi connectivity index (χ0v) is 13.8. The second-order valence-corrected chi connectivity index (χ2v) is 6.04. The number of nitrogen functional groups attached to an aromatic ring is 1. The van der Waals surface area contributed by atoms with E-state index in [1.165, 1.54) is 17.8 Å². The third-order valence-electron chi connectivity index (χ3n) is 3.27. The van der Waals surface area contributed by atoms with E-state index in [9.17, 15) is 4.79 Å². The first-order chi connectivity index (χ1) is 11.7. The number of benzene rings is 2. The number of aromatic nitrogens is 2. The molecule has 24 heavy (non-hydrogen) atoms. The van der Waals surface area contributed by atoms with Gasteiger partial charge in [-0.15, -0.1) is 0 Å². The molecule has 0 aliphatic carbocycles. The van der Waals surface area contributed by atoms with Gasteiger partial charge in [-0.25, -0.2) is 0 Å². The van der Waals surface area contributed by atoms with Gasteiger partial charge in [0.05, 0.1) is 6.61 Å². The van der Waals surface area contributed by atoms with E-state index in [1.54, 1.807) is 4.57 Å². The van der Waals surface area contributed by atoms with Crippen LogP contribution in [0.25, 0.3) is 5.69 Å². The van der Waals surface area contributed by atoms with Crippen molar-refractivity contribution in [3.63, 3.8) is 0 Å². The largest absolute Gasteiger partial charge is 0.493 e. The summed E-state index contributed by atoms with van der Waals surface area (Å²) in [6, 6.07) is 20.5. The van der Waals surface area contributed by atoms with Crippen molar-refractivity contribution < 1.29 is 4.74 Å². The highest BCUT2D eigenvalue weighted by atomic mass is 32.2. The Kier molecular flexibility index (Phi) is 5.18. The lowest BCUT2D eigenvalue weighted by molar-refractivity contribution is 0.344. The van der Waals surface area contributed by atoms with Crippen LogP contribution in [0.4, 0.5) is 5.82 Å². The zero-order valence-electron chi connectivity index (χ0n) is 13.0. The normalized spacial score (nSPS) is 10.5. The van der Waals surface area contributed by atoms with Crippen LogP contribution in [0.1, 0.15) is 0 Å². The van der Waals surface area contributed by atoms with Crippen molar-refractivity contribution in [1.82, 2.24) is 9.55 Å². The van der Waals surface area contributed by atoms with Gasteiger partial charge >= 0.3 is 0 Å². The molecule has 0 spiro atoms. The molecule has 1 heterocycles. The van der Waals surface area contributed by atoms with Crippen molar-refractivity contribution >= 4 is 17.6 Å². The SMILES string of the molecule is Nc1cc(=O)nc(SCCOc2ccccc2)n1-c1ccccc1. The Morgan fingerprint density at radius 3 is 2.42 bits per heavy atom. The van der Waals surface area contributed by atoms with Crippen molar-refractivity contribution in [2.45, 2.75) is 5.16 Å². The van der Waals surface area contributed by atoms with Crippen molar-refractivity contribution in [2.75, 3.05) is 18.1 Å². The fraction of sp³-hybridized carbons (Fsp3) is 0.111. The smallest absolute Gasteiger partial charge is 0.275 e. The molecule has 0 saturated heterocycles. The number of ether oxygens (including phenoxy) is 1. The Bertz CT molecular complexity index is 851. The first kappa shape index (κ1) is 16.1. The van der Waals surface area contributed by atoms with Gasteiger partial charge in [0.15, 0.2) is 5.16 Å². The number of rotatable bonds is 6. The van der Waals surface area contributed by atoms with Crippen LogP contribution in [0.3, 0.4) is 0 Å². The Hall–Kier alpha value is -2.73. The van der Waals surface area contributed by atoms with Gasteiger partial charge in [0, 0.05) is 17.5 Å². The van der Waals surface area contributed by atoms with Crippen LogP contribution in [0, 0.1) is 0 Å². The molecule has 0 amide bonds. The van der Waals surface area contributed by atoms with Gasteiger partial charge in [-0.05, 0) is 24.3 Å². The molecule has 5 nitrogen and oxygen atoms in total. The number of para-hydroxylation sites is 2. The average molecular weight is 339 g/mol. The summed E-state index contributed by atoms with van der Waals surface area (Å²) in [4.78, 5) is 15.8. The molecule has 0 saturated carbocycles. The van der Waals surface area contributed by atoms with Crippen molar-refractivity contribution in [2.24, 2.45) is 0 Å². The van der Waals surface area contributed by atoms with Gasteiger partial charge in [-0.2, -0.15) is 4.98 Å². The summed E-state index contributed by atoms with van der Waals surface area (Å²) in [5.41, 5.74) is 6.56. The van der Waals surface area contributed by atoms with E-state index < -0.39 is 0 Å². The standard InChI is InChI=1S/C18H17N3O2S/c19-16-13-17(22)20-18(21(16)14-7-3-1-4-8-14)24-12-11-23-15-9-5-2-6-10-15/h1-10,13H,11-12,19H2. The monoisotopic (exact) mass is 339 g/mol. The minimum Gasteiger partial charge on any atom is -0.493 e. The lowest BCUT2D eigenvalue weighted by Gasteiger charge is -2.14. The zero-order chi connectivity index (χ0) is 16.8. The van der Waals surface area contributed by atoms with Gasteiger partial charge < -0.3 is 10.5 Å². The molecule has 6 heteroatoms. The molecule has 0 fully saturated rings. The van der Waals surface area contributed by atoms with Gasteiger partial charge in [0.1, 0.15) is 11.6 Å². The van der Waals surface area contributed by atoms with Crippen LogP contribution in [-0.4, -0.2) is 21.9 Å². The summed E-state index contributed by atoms with van der Waals surface area (Å²) in [6.07, 6.45) is 0. The predicted molar refractivity (Wildman–Crippen MR) is 96.9 cm³/mol. The minimum atomic E-state index is -0.342. The van der Waals surface area contributed by atoms with Crippen molar-refractivity contribution in [1.29, 1.82) is 0 Å². The second-order valence-electron chi connectivity index (χ2n) is 4.98. The van der Waals surface area contributed by atoms with E-state index in [0.29, 0.717) is 23.3 Å². The number of thioether (sulfide) groups is 1. The lowest BCUT2D eigenvalue weighted by Crippen LogP contribution is -2.17. The maximum absolute atomic E-state index is 11.7. The minimum absolute atomic E-state index is 0.342. The van der Waals surface area contributed by atoms with Gasteiger partial charge in [0.2, 0.25) is 0 Å². The number of anilines is 1. The number of hydrogen-bond acceptors (Lipinski definition) is 5. The molecule has 0 atom stereocenters. The average Bonchev–Trinajstić information content (AvgIpc) is 2.60. The van der Waals surface area contributed by atoms with Gasteiger partial charge in [0.25, 0.3) is 5.56 Å². The molecule has 1 aromatic heterocycles. The summed E-state index contributed by atoms with van der Waals surface area (Å²) in [6.45, 7) is 0.508. The Morgan fingerprint density at radius 1 is 1.04 bits per heavy atom. The van der Waals surface area contributed by atoms with Crippen LogP contribution in [0.5, 0.6) is 5.75 Å². The maximum atomic E-state index is 11.7. The summed E-state index contributed by atoms with van der Waals surface area (Å²) in [5, 5.41) is 0.558. The highest BCUT2D eigenvalue weighted by Gasteiger charge is 2.10. The molecule has 0 unspecified atom stereocenters. The third-order valence-corrected chi connectivity index (χ3v) is 4.17. The van der Waals surface area contributed by atoms with E-state index in [0.717, 1.165) is 11.4 Å². The molecular formula is C18H17N3O2S. The van der Waals surface area contributed by atoms with E-state index >= 15 is 0 Å². The first-order valence-electron chi connectivity index (χ1n) is 7.50. The van der Waals surface area contributed by atoms with E-state index in [1.807, 2.05) is 60.7 Å². The summed E-state index contributed by atoms with van der Waals surface area (Å²) in [7, 11) is 0. The molecule has 3 aromatic rings. The Morgan fingerprint density at radius 2 is 1.71 bits per heavy atom. The van der Waals surface area contributed by atoms with Crippen LogP contribution >= 0.6 is 11.8 Å². The van der Waals surface area contributed by atoms with E-state index in [4.69, 9.17) is 10.5 Å². The van der Waals surface area contributed by atoms with Gasteiger partial charge in [-0.3, -0.25) is 9.36 Å². The molecule has 0 radical (unpaired) electrons. The molecule has 122 valence electrons. The van der Waals surface area contributed by atoms with E-state index in [-0.39, 0.29) is 5.56 Å². The Labute approximate surface area is 144 Å². The molecule has 2 N–H and O–H groups in total. The van der Waals surface area contributed by atoms with Crippen molar-refractivity contribution in [3.8, 4) is 11.4 Å². The van der Waals surface area contributed by atoms with Crippen LogP contribution in [-0.2, 0) is 0 Å². The van der Waals surface area contributed by atoms with Crippen LogP contribution in [0.2, 0.25) is 0 Å². The van der Waals surface area contributed by atoms with Crippen LogP contribution < -0.4 is 16.0 Å². The maximum Gasteiger partial charge on any atom is 0.275 e. The topological polar surface area (TPSA) is 70.1 Å². The molecule has 0 bridgehead atoms. The molecular weight excluding hydrogens is 322 g/mol. The predicted octanol–water partition coefficient (Wildman–Crippen LogP) is 2.99. The van der Waals surface area contributed by atoms with Crippen LogP contribution in [0.15, 0.2) is 76.7 Å². The highest BCUT2D eigenvalue weighted by molar-refractivity contribution is 7.99. The summed E-state index contributed by atoms with van der Waals surface area (Å²) in [5.74, 6) is 1.84.